The van der Waals surface area contributed by atoms with E-state index >= 15 is 4.39 Å². The number of hydrogen-bond donors (Lipinski definition) is 1. The van der Waals surface area contributed by atoms with Crippen LogP contribution in [0, 0.1) is 17.2 Å². The lowest BCUT2D eigenvalue weighted by Crippen LogP contribution is -2.28. The van der Waals surface area contributed by atoms with Gasteiger partial charge in [0, 0.05) is 37.6 Å². The first-order valence-electron chi connectivity index (χ1n) is 10.8. The lowest BCUT2D eigenvalue weighted by atomic mass is 10.1. The highest BCUT2D eigenvalue weighted by molar-refractivity contribution is 7.96. The fraction of sp³-hybridized carbons (Fsp3) is 0.545. The van der Waals surface area contributed by atoms with Crippen molar-refractivity contribution in [1.29, 1.82) is 0 Å². The summed E-state index contributed by atoms with van der Waals surface area (Å²) < 4.78 is 56.3. The largest absolute Gasteiger partial charge is 0.416 e. The zero-order valence-corrected chi connectivity index (χ0v) is 18.5. The number of rotatable bonds is 8. The van der Waals surface area contributed by atoms with Crippen molar-refractivity contribution in [3.05, 3.63) is 47.5 Å². The molecule has 1 aromatic carbocycles. The van der Waals surface area contributed by atoms with E-state index in [2.05, 4.69) is 25.8 Å². The highest BCUT2D eigenvalue weighted by atomic mass is 32.2. The normalized spacial score (nSPS) is 25.0. The van der Waals surface area contributed by atoms with E-state index in [1.807, 2.05) is 4.90 Å². The molecule has 0 radical (unpaired) electrons. The molecule has 2 aliphatic carbocycles. The number of hydrogen-bond acceptors (Lipinski definition) is 6. The van der Waals surface area contributed by atoms with E-state index in [0.29, 0.717) is 24.6 Å². The molecule has 3 aliphatic rings. The average Bonchev–Trinajstić information content (AvgIpc) is 3.69. The first kappa shape index (κ1) is 21.8. The van der Waals surface area contributed by atoms with Gasteiger partial charge in [0.15, 0.2) is 11.6 Å². The SMILES string of the molecule is CSN1CC2CC2(CNc2ncnc(N(Cc3ccc(C(F)(F)F)cc3)C3CC3)c2F)C1. The quantitative estimate of drug-likeness (QED) is 0.444. The van der Waals surface area contributed by atoms with Crippen LogP contribution in [0.5, 0.6) is 0 Å². The molecule has 0 bridgehead atoms. The second-order valence-electron chi connectivity index (χ2n) is 9.04. The Balaban J connectivity index is 1.30. The zero-order valence-electron chi connectivity index (χ0n) is 17.7. The number of nitrogens with zero attached hydrogens (tertiary/aromatic N) is 4. The van der Waals surface area contributed by atoms with Gasteiger partial charge in [-0.05, 0) is 49.1 Å². The number of alkyl halides is 3. The van der Waals surface area contributed by atoms with Crippen LogP contribution in [-0.4, -0.2) is 46.2 Å². The Morgan fingerprint density at radius 2 is 1.97 bits per heavy atom. The van der Waals surface area contributed by atoms with Crippen molar-refractivity contribution in [3.8, 4) is 0 Å². The molecule has 0 amide bonds. The predicted molar refractivity (Wildman–Crippen MR) is 117 cm³/mol. The minimum Gasteiger partial charge on any atom is -0.367 e. The van der Waals surface area contributed by atoms with Gasteiger partial charge in [-0.25, -0.2) is 14.3 Å². The second-order valence-corrected chi connectivity index (χ2v) is 9.92. The molecule has 2 unspecified atom stereocenters. The number of aromatic nitrogens is 2. The third-order valence-electron chi connectivity index (χ3n) is 6.81. The summed E-state index contributed by atoms with van der Waals surface area (Å²) in [5, 5.41) is 3.21. The van der Waals surface area contributed by atoms with Crippen molar-refractivity contribution < 1.29 is 17.6 Å². The Hall–Kier alpha value is -2.07. The summed E-state index contributed by atoms with van der Waals surface area (Å²) in [5.74, 6) is 0.539. The minimum absolute atomic E-state index is 0.130. The van der Waals surface area contributed by atoms with Crippen LogP contribution in [0.4, 0.5) is 29.2 Å². The van der Waals surface area contributed by atoms with Crippen LogP contribution < -0.4 is 10.2 Å². The molecule has 5 nitrogen and oxygen atoms in total. The van der Waals surface area contributed by atoms with Gasteiger partial charge < -0.3 is 10.2 Å². The van der Waals surface area contributed by atoms with Crippen LogP contribution in [0.15, 0.2) is 30.6 Å². The van der Waals surface area contributed by atoms with E-state index in [9.17, 15) is 13.2 Å². The van der Waals surface area contributed by atoms with Crippen molar-refractivity contribution in [2.75, 3.05) is 36.1 Å². The van der Waals surface area contributed by atoms with E-state index in [-0.39, 0.29) is 23.1 Å². The molecule has 2 saturated carbocycles. The van der Waals surface area contributed by atoms with E-state index in [1.54, 1.807) is 11.9 Å². The first-order valence-corrected chi connectivity index (χ1v) is 11.9. The summed E-state index contributed by atoms with van der Waals surface area (Å²) >= 11 is 1.75. The molecule has 2 heterocycles. The lowest BCUT2D eigenvalue weighted by molar-refractivity contribution is -0.137. The fourth-order valence-corrected chi connectivity index (χ4v) is 5.37. The molecule has 0 spiro atoms. The number of anilines is 2. The molecule has 1 aromatic heterocycles. The maximum atomic E-state index is 15.4. The Labute approximate surface area is 188 Å². The first-order chi connectivity index (χ1) is 15.3. The average molecular weight is 468 g/mol. The third-order valence-corrected chi connectivity index (χ3v) is 7.60. The smallest absolute Gasteiger partial charge is 0.367 e. The number of halogens is 4. The molecule has 2 aromatic rings. The summed E-state index contributed by atoms with van der Waals surface area (Å²) in [6.07, 6.45) is 2.02. The highest BCUT2D eigenvalue weighted by Crippen LogP contribution is 2.58. The predicted octanol–water partition coefficient (Wildman–Crippen LogP) is 4.82. The van der Waals surface area contributed by atoms with Crippen LogP contribution in [0.2, 0.25) is 0 Å². The van der Waals surface area contributed by atoms with Gasteiger partial charge in [-0.2, -0.15) is 17.6 Å². The second kappa shape index (κ2) is 8.06. The van der Waals surface area contributed by atoms with Crippen molar-refractivity contribution in [3.63, 3.8) is 0 Å². The lowest BCUT2D eigenvalue weighted by Gasteiger charge is -2.25. The fourth-order valence-electron chi connectivity index (χ4n) is 4.66. The monoisotopic (exact) mass is 467 g/mol. The van der Waals surface area contributed by atoms with E-state index in [0.717, 1.165) is 44.5 Å². The molecule has 1 aliphatic heterocycles. The van der Waals surface area contributed by atoms with Gasteiger partial charge in [0.2, 0.25) is 5.82 Å². The third kappa shape index (κ3) is 4.26. The Bertz CT molecular complexity index is 981. The summed E-state index contributed by atoms with van der Waals surface area (Å²) in [6, 6.07) is 5.15. The van der Waals surface area contributed by atoms with Crippen molar-refractivity contribution >= 4 is 23.6 Å². The summed E-state index contributed by atoms with van der Waals surface area (Å²) in [7, 11) is 0. The van der Waals surface area contributed by atoms with E-state index in [1.165, 1.54) is 18.5 Å². The standard InChI is InChI=1S/C22H25F4N5S/c1-32-30-10-16-8-21(16,12-30)11-27-19-18(23)20(29-13-28-19)31(17-6-7-17)9-14-2-4-15(5-3-14)22(24,25)26/h2-5,13,16-17H,6-12H2,1H3,(H,27,28,29). The van der Waals surface area contributed by atoms with Crippen LogP contribution in [-0.2, 0) is 12.7 Å². The highest BCUT2D eigenvalue weighted by Gasteiger charge is 2.59. The van der Waals surface area contributed by atoms with Gasteiger partial charge in [0.25, 0.3) is 0 Å². The number of fused-ring (bicyclic) bond motifs is 1. The molecule has 10 heteroatoms. The molecule has 3 fully saturated rings. The topological polar surface area (TPSA) is 44.3 Å². The number of benzene rings is 1. The Morgan fingerprint density at radius 1 is 1.22 bits per heavy atom. The maximum absolute atomic E-state index is 15.4. The van der Waals surface area contributed by atoms with Gasteiger partial charge in [-0.1, -0.05) is 24.1 Å². The van der Waals surface area contributed by atoms with Crippen molar-refractivity contribution in [2.45, 2.75) is 38.0 Å². The van der Waals surface area contributed by atoms with Crippen LogP contribution in [0.1, 0.15) is 30.4 Å². The molecular weight excluding hydrogens is 442 g/mol. The van der Waals surface area contributed by atoms with Gasteiger partial charge in [0.1, 0.15) is 6.33 Å². The molecule has 172 valence electrons. The Kier molecular flexibility index (Phi) is 5.48. The minimum atomic E-state index is -4.37. The molecule has 1 saturated heterocycles. The van der Waals surface area contributed by atoms with Crippen molar-refractivity contribution in [2.24, 2.45) is 11.3 Å². The van der Waals surface area contributed by atoms with Gasteiger partial charge in [0.05, 0.1) is 5.56 Å². The molecule has 5 rings (SSSR count). The maximum Gasteiger partial charge on any atom is 0.416 e. The Morgan fingerprint density at radius 3 is 2.59 bits per heavy atom. The van der Waals surface area contributed by atoms with E-state index < -0.39 is 17.6 Å². The van der Waals surface area contributed by atoms with Crippen LogP contribution in [0.3, 0.4) is 0 Å². The number of nitrogens with one attached hydrogen (secondary N) is 1. The van der Waals surface area contributed by atoms with Gasteiger partial charge >= 0.3 is 6.18 Å². The molecule has 32 heavy (non-hydrogen) atoms. The zero-order chi connectivity index (χ0) is 22.5. The summed E-state index contributed by atoms with van der Waals surface area (Å²) in [4.78, 5) is 10.2. The van der Waals surface area contributed by atoms with E-state index in [4.69, 9.17) is 0 Å². The molecule has 1 N–H and O–H groups in total. The van der Waals surface area contributed by atoms with Gasteiger partial charge in [-0.15, -0.1) is 0 Å². The summed E-state index contributed by atoms with van der Waals surface area (Å²) in [5.41, 5.74) is 0.181. The van der Waals surface area contributed by atoms with Crippen LogP contribution >= 0.6 is 11.9 Å². The number of piperidine rings is 1. The summed E-state index contributed by atoms with van der Waals surface area (Å²) in [6.45, 7) is 3.03. The molecule has 2 atom stereocenters. The van der Waals surface area contributed by atoms with Crippen molar-refractivity contribution in [1.82, 2.24) is 14.3 Å². The van der Waals surface area contributed by atoms with Gasteiger partial charge in [-0.3, -0.25) is 0 Å². The van der Waals surface area contributed by atoms with Crippen LogP contribution in [0.25, 0.3) is 0 Å². The molecular formula is C22H25F4N5S.